The van der Waals surface area contributed by atoms with Crippen molar-refractivity contribution < 1.29 is 4.79 Å². The average Bonchev–Trinajstić information content (AvgIpc) is 2.46. The van der Waals surface area contributed by atoms with Gasteiger partial charge in [-0.05, 0) is 25.7 Å². The Morgan fingerprint density at radius 1 is 0.882 bits per heavy atom. The van der Waals surface area contributed by atoms with E-state index in [9.17, 15) is 4.79 Å². The highest BCUT2D eigenvalue weighted by Crippen LogP contribution is 2.19. The van der Waals surface area contributed by atoms with Crippen molar-refractivity contribution in [3.05, 3.63) is 0 Å². The number of rotatable bonds is 2. The number of carbonyl (C=O) groups excluding carboxylic acids is 1. The Balaban J connectivity index is 1.78. The molecule has 2 fully saturated rings. The molecule has 3 heteroatoms. The van der Waals surface area contributed by atoms with Crippen molar-refractivity contribution in [1.82, 2.24) is 10.6 Å². The molecule has 98 valence electrons. The van der Waals surface area contributed by atoms with E-state index in [4.69, 9.17) is 0 Å². The Kier molecular flexibility index (Phi) is 5.30. The van der Waals surface area contributed by atoms with E-state index >= 15 is 0 Å². The third kappa shape index (κ3) is 4.66. The number of amides is 1. The summed E-state index contributed by atoms with van der Waals surface area (Å²) in [5.74, 6) is 0.228. The molecule has 0 spiro atoms. The molecule has 0 aromatic heterocycles. The summed E-state index contributed by atoms with van der Waals surface area (Å²) in [5, 5.41) is 6.69. The monoisotopic (exact) mass is 238 g/mol. The van der Waals surface area contributed by atoms with Gasteiger partial charge in [0.1, 0.15) is 0 Å². The van der Waals surface area contributed by atoms with Crippen LogP contribution in [-0.4, -0.2) is 24.5 Å². The molecule has 1 aliphatic carbocycles. The smallest absolute Gasteiger partial charge is 0.221 e. The van der Waals surface area contributed by atoms with Crippen LogP contribution in [0.15, 0.2) is 0 Å². The van der Waals surface area contributed by atoms with Gasteiger partial charge in [-0.1, -0.05) is 32.1 Å². The van der Waals surface area contributed by atoms with Gasteiger partial charge in [-0.3, -0.25) is 4.79 Å². The van der Waals surface area contributed by atoms with E-state index in [0.717, 1.165) is 19.4 Å². The van der Waals surface area contributed by atoms with Crippen molar-refractivity contribution in [3.63, 3.8) is 0 Å². The van der Waals surface area contributed by atoms with Crippen molar-refractivity contribution >= 4 is 5.91 Å². The maximum Gasteiger partial charge on any atom is 0.221 e. The van der Waals surface area contributed by atoms with E-state index in [-0.39, 0.29) is 5.91 Å². The van der Waals surface area contributed by atoms with Gasteiger partial charge in [0.2, 0.25) is 5.91 Å². The van der Waals surface area contributed by atoms with Gasteiger partial charge >= 0.3 is 0 Å². The predicted molar refractivity (Wildman–Crippen MR) is 69.9 cm³/mol. The Bertz CT molecular complexity index is 234. The number of nitrogens with one attached hydrogen (secondary N) is 2. The molecule has 1 aliphatic heterocycles. The molecule has 2 rings (SSSR count). The quantitative estimate of drug-likeness (QED) is 0.775. The van der Waals surface area contributed by atoms with E-state index in [1.807, 2.05) is 0 Å². The first-order valence-electron chi connectivity index (χ1n) is 7.37. The Hall–Kier alpha value is -0.570. The summed E-state index contributed by atoms with van der Waals surface area (Å²) in [6.45, 7) is 0.863. The van der Waals surface area contributed by atoms with Crippen molar-refractivity contribution in [1.29, 1.82) is 0 Å². The van der Waals surface area contributed by atoms with Gasteiger partial charge < -0.3 is 10.6 Å². The maximum absolute atomic E-state index is 11.5. The molecular weight excluding hydrogens is 212 g/mol. The van der Waals surface area contributed by atoms with Gasteiger partial charge in [0.15, 0.2) is 0 Å². The Morgan fingerprint density at radius 2 is 1.53 bits per heavy atom. The minimum atomic E-state index is 0.228. The third-order valence-corrected chi connectivity index (χ3v) is 4.06. The largest absolute Gasteiger partial charge is 0.356 e. The highest BCUT2D eigenvalue weighted by atomic mass is 16.1. The normalized spacial score (nSPS) is 28.9. The van der Waals surface area contributed by atoms with E-state index in [1.165, 1.54) is 44.9 Å². The molecule has 17 heavy (non-hydrogen) atoms. The minimum Gasteiger partial charge on any atom is -0.356 e. The van der Waals surface area contributed by atoms with Crippen LogP contribution >= 0.6 is 0 Å². The molecule has 0 aromatic rings. The van der Waals surface area contributed by atoms with Crippen LogP contribution in [0, 0.1) is 0 Å². The van der Waals surface area contributed by atoms with Crippen molar-refractivity contribution in [2.75, 3.05) is 6.54 Å². The first kappa shape index (κ1) is 12.9. The predicted octanol–water partition coefficient (Wildman–Crippen LogP) is 2.36. The SMILES string of the molecule is O=C1CC(NC2CCCCCCC2)CCCN1. The van der Waals surface area contributed by atoms with E-state index < -0.39 is 0 Å². The molecule has 1 saturated carbocycles. The lowest BCUT2D eigenvalue weighted by molar-refractivity contribution is -0.121. The molecule has 0 bridgehead atoms. The van der Waals surface area contributed by atoms with Crippen LogP contribution in [-0.2, 0) is 4.79 Å². The van der Waals surface area contributed by atoms with E-state index in [0.29, 0.717) is 18.5 Å². The summed E-state index contributed by atoms with van der Waals surface area (Å²) in [6, 6.07) is 1.08. The minimum absolute atomic E-state index is 0.228. The zero-order valence-electron chi connectivity index (χ0n) is 10.8. The number of hydrogen-bond acceptors (Lipinski definition) is 2. The first-order chi connectivity index (χ1) is 8.34. The van der Waals surface area contributed by atoms with Crippen LogP contribution in [0.1, 0.15) is 64.2 Å². The molecule has 1 saturated heterocycles. The topological polar surface area (TPSA) is 41.1 Å². The maximum atomic E-state index is 11.5. The zero-order valence-corrected chi connectivity index (χ0v) is 10.8. The lowest BCUT2D eigenvalue weighted by atomic mass is 9.95. The fourth-order valence-corrected chi connectivity index (χ4v) is 3.07. The van der Waals surface area contributed by atoms with Gasteiger partial charge in [-0.2, -0.15) is 0 Å². The molecule has 1 amide bonds. The van der Waals surface area contributed by atoms with E-state index in [2.05, 4.69) is 10.6 Å². The van der Waals surface area contributed by atoms with Gasteiger partial charge in [-0.15, -0.1) is 0 Å². The second-order valence-electron chi connectivity index (χ2n) is 5.60. The van der Waals surface area contributed by atoms with Crippen molar-refractivity contribution in [3.8, 4) is 0 Å². The summed E-state index contributed by atoms with van der Waals surface area (Å²) >= 11 is 0. The van der Waals surface area contributed by atoms with Gasteiger partial charge in [-0.25, -0.2) is 0 Å². The number of carbonyl (C=O) groups is 1. The Labute approximate surface area is 105 Å². The Morgan fingerprint density at radius 3 is 2.29 bits per heavy atom. The average molecular weight is 238 g/mol. The molecular formula is C14H26N2O. The second-order valence-corrected chi connectivity index (χ2v) is 5.60. The van der Waals surface area contributed by atoms with Crippen molar-refractivity contribution in [2.45, 2.75) is 76.3 Å². The first-order valence-corrected chi connectivity index (χ1v) is 7.37. The molecule has 2 N–H and O–H groups in total. The van der Waals surface area contributed by atoms with Gasteiger partial charge in [0.05, 0.1) is 0 Å². The summed E-state index contributed by atoms with van der Waals surface area (Å²) in [5.41, 5.74) is 0. The second kappa shape index (κ2) is 7.00. The van der Waals surface area contributed by atoms with Crippen molar-refractivity contribution in [2.24, 2.45) is 0 Å². The molecule has 1 heterocycles. The van der Waals surface area contributed by atoms with Crippen LogP contribution in [0.25, 0.3) is 0 Å². The summed E-state index contributed by atoms with van der Waals surface area (Å²) in [6.07, 6.45) is 12.5. The zero-order chi connectivity index (χ0) is 11.9. The number of hydrogen-bond donors (Lipinski definition) is 2. The standard InChI is InChI=1S/C14H26N2O/c17-14-11-13(9-6-10-15-14)16-12-7-4-2-1-3-5-8-12/h12-13,16H,1-11H2,(H,15,17). The molecule has 1 unspecified atom stereocenters. The molecule has 0 radical (unpaired) electrons. The van der Waals surface area contributed by atoms with Crippen LogP contribution in [0.5, 0.6) is 0 Å². The highest BCUT2D eigenvalue weighted by molar-refractivity contribution is 5.76. The van der Waals surface area contributed by atoms with Crippen LogP contribution in [0.3, 0.4) is 0 Å². The lowest BCUT2D eigenvalue weighted by Gasteiger charge is -2.26. The van der Waals surface area contributed by atoms with Crippen LogP contribution in [0.4, 0.5) is 0 Å². The third-order valence-electron chi connectivity index (χ3n) is 4.06. The lowest BCUT2D eigenvalue weighted by Crippen LogP contribution is -2.40. The molecule has 1 atom stereocenters. The fourth-order valence-electron chi connectivity index (χ4n) is 3.07. The van der Waals surface area contributed by atoms with Gasteiger partial charge in [0.25, 0.3) is 0 Å². The molecule has 0 aromatic carbocycles. The molecule has 3 nitrogen and oxygen atoms in total. The van der Waals surface area contributed by atoms with Gasteiger partial charge in [0, 0.05) is 25.0 Å². The summed E-state index contributed by atoms with van der Waals surface area (Å²) in [4.78, 5) is 11.5. The van der Waals surface area contributed by atoms with Crippen LogP contribution in [0.2, 0.25) is 0 Å². The summed E-state index contributed by atoms with van der Waals surface area (Å²) in [7, 11) is 0. The fraction of sp³-hybridized carbons (Fsp3) is 0.929. The highest BCUT2D eigenvalue weighted by Gasteiger charge is 2.20. The molecule has 2 aliphatic rings. The van der Waals surface area contributed by atoms with Crippen LogP contribution < -0.4 is 10.6 Å². The van der Waals surface area contributed by atoms with E-state index in [1.54, 1.807) is 0 Å². The summed E-state index contributed by atoms with van der Waals surface area (Å²) < 4.78 is 0.